The predicted octanol–water partition coefficient (Wildman–Crippen LogP) is 1.92. The number of nitrogens with one attached hydrogen (secondary N) is 2. The predicted molar refractivity (Wildman–Crippen MR) is 68.8 cm³/mol. The highest BCUT2D eigenvalue weighted by atomic mass is 16.5. The van der Waals surface area contributed by atoms with Crippen molar-refractivity contribution in [1.82, 2.24) is 15.4 Å². The number of anilines is 1. The lowest BCUT2D eigenvalue weighted by Crippen LogP contribution is -2.21. The molecule has 0 fully saturated rings. The number of hydrogen-bond donors (Lipinski definition) is 2. The number of rotatable bonds is 4. The highest BCUT2D eigenvalue weighted by Crippen LogP contribution is 2.09. The summed E-state index contributed by atoms with van der Waals surface area (Å²) in [7, 11) is 1.51. The number of carbonyl (C=O) groups is 1. The molecule has 0 saturated carbocycles. The second-order valence-electron chi connectivity index (χ2n) is 2.26. The van der Waals surface area contributed by atoms with Crippen molar-refractivity contribution in [2.75, 3.05) is 12.5 Å². The third-order valence-electron chi connectivity index (χ3n) is 1.28. The molecule has 6 heteroatoms. The minimum Gasteiger partial charge on any atom is -0.481 e. The highest BCUT2D eigenvalue weighted by Gasteiger charge is 2.00. The maximum absolute atomic E-state index is 9.96. The van der Waals surface area contributed by atoms with Gasteiger partial charge < -0.3 is 4.74 Å². The third kappa shape index (κ3) is 8.01. The van der Waals surface area contributed by atoms with Crippen LogP contribution < -0.4 is 15.6 Å². The SMILES string of the molecule is CC.CC.COc1cc(C)nc(NNC=O)n1. The van der Waals surface area contributed by atoms with Gasteiger partial charge in [0.15, 0.2) is 0 Å². The Balaban J connectivity index is 0. The van der Waals surface area contributed by atoms with Crippen LogP contribution in [0.3, 0.4) is 0 Å². The molecular formula is C11H22N4O2. The summed E-state index contributed by atoms with van der Waals surface area (Å²) in [5, 5.41) is 0. The van der Waals surface area contributed by atoms with Crippen LogP contribution in [0.4, 0.5) is 5.95 Å². The Morgan fingerprint density at radius 3 is 2.29 bits per heavy atom. The Labute approximate surface area is 103 Å². The number of methoxy groups -OCH3 is 1. The van der Waals surface area contributed by atoms with E-state index < -0.39 is 0 Å². The summed E-state index contributed by atoms with van der Waals surface area (Å²) in [5.41, 5.74) is 5.47. The summed E-state index contributed by atoms with van der Waals surface area (Å²) in [6.45, 7) is 9.80. The van der Waals surface area contributed by atoms with Gasteiger partial charge in [0.25, 0.3) is 0 Å². The molecule has 1 heterocycles. The molecule has 17 heavy (non-hydrogen) atoms. The van der Waals surface area contributed by atoms with Gasteiger partial charge in [0.05, 0.1) is 7.11 Å². The molecule has 0 bridgehead atoms. The number of ether oxygens (including phenoxy) is 1. The van der Waals surface area contributed by atoms with E-state index in [2.05, 4.69) is 20.8 Å². The fraction of sp³-hybridized carbons (Fsp3) is 0.545. The molecule has 0 spiro atoms. The number of nitrogens with zero attached hydrogens (tertiary/aromatic N) is 2. The maximum Gasteiger partial charge on any atom is 0.245 e. The van der Waals surface area contributed by atoms with E-state index in [0.29, 0.717) is 18.2 Å². The first kappa shape index (κ1) is 17.5. The summed E-state index contributed by atoms with van der Waals surface area (Å²) >= 11 is 0. The molecule has 1 aromatic heterocycles. The Morgan fingerprint density at radius 2 is 1.82 bits per heavy atom. The van der Waals surface area contributed by atoms with Crippen LogP contribution in [-0.2, 0) is 4.79 Å². The first-order chi connectivity index (χ1) is 8.26. The molecule has 0 aliphatic rings. The van der Waals surface area contributed by atoms with E-state index in [9.17, 15) is 4.79 Å². The zero-order valence-corrected chi connectivity index (χ0v) is 11.4. The first-order valence-corrected chi connectivity index (χ1v) is 5.61. The molecule has 0 aromatic carbocycles. The van der Waals surface area contributed by atoms with Crippen LogP contribution in [0, 0.1) is 6.92 Å². The molecular weight excluding hydrogens is 220 g/mol. The molecule has 1 rings (SSSR count). The fourth-order valence-corrected chi connectivity index (χ4v) is 0.794. The quantitative estimate of drug-likeness (QED) is 0.623. The van der Waals surface area contributed by atoms with E-state index in [0.717, 1.165) is 5.69 Å². The van der Waals surface area contributed by atoms with Crippen LogP contribution in [0.15, 0.2) is 6.07 Å². The number of hydrazine groups is 1. The summed E-state index contributed by atoms with van der Waals surface area (Å²) in [5.74, 6) is 0.742. The van der Waals surface area contributed by atoms with Gasteiger partial charge in [-0.1, -0.05) is 27.7 Å². The van der Waals surface area contributed by atoms with E-state index in [1.807, 2.05) is 27.7 Å². The van der Waals surface area contributed by atoms with E-state index >= 15 is 0 Å². The summed E-state index contributed by atoms with van der Waals surface area (Å²) in [6, 6.07) is 1.69. The lowest BCUT2D eigenvalue weighted by atomic mass is 10.4. The van der Waals surface area contributed by atoms with E-state index in [4.69, 9.17) is 4.74 Å². The summed E-state index contributed by atoms with van der Waals surface area (Å²) in [6.07, 6.45) is 0.498. The lowest BCUT2D eigenvalue weighted by molar-refractivity contribution is -0.109. The number of hydrogen-bond acceptors (Lipinski definition) is 5. The van der Waals surface area contributed by atoms with Gasteiger partial charge in [-0.15, -0.1) is 0 Å². The van der Waals surface area contributed by atoms with Gasteiger partial charge in [0.2, 0.25) is 18.2 Å². The summed E-state index contributed by atoms with van der Waals surface area (Å²) in [4.78, 5) is 17.9. The van der Waals surface area contributed by atoms with E-state index in [-0.39, 0.29) is 0 Å². The van der Waals surface area contributed by atoms with Crippen molar-refractivity contribution in [2.24, 2.45) is 0 Å². The lowest BCUT2D eigenvalue weighted by Gasteiger charge is -2.05. The molecule has 98 valence electrons. The topological polar surface area (TPSA) is 76.1 Å². The summed E-state index contributed by atoms with van der Waals surface area (Å²) < 4.78 is 4.91. The number of aryl methyl sites for hydroxylation is 1. The van der Waals surface area contributed by atoms with Crippen molar-refractivity contribution in [3.05, 3.63) is 11.8 Å². The van der Waals surface area contributed by atoms with Gasteiger partial charge in [0.1, 0.15) is 0 Å². The van der Waals surface area contributed by atoms with Crippen molar-refractivity contribution in [3.8, 4) is 5.88 Å². The van der Waals surface area contributed by atoms with Gasteiger partial charge in [0, 0.05) is 11.8 Å². The molecule has 0 aliphatic carbocycles. The highest BCUT2D eigenvalue weighted by molar-refractivity contribution is 5.49. The van der Waals surface area contributed by atoms with Gasteiger partial charge in [-0.25, -0.2) is 4.98 Å². The zero-order chi connectivity index (χ0) is 13.7. The first-order valence-electron chi connectivity index (χ1n) is 5.61. The Bertz CT molecular complexity index is 306. The van der Waals surface area contributed by atoms with Crippen LogP contribution >= 0.6 is 0 Å². The zero-order valence-electron chi connectivity index (χ0n) is 11.4. The molecule has 0 atom stereocenters. The van der Waals surface area contributed by atoms with Gasteiger partial charge in [-0.3, -0.25) is 15.6 Å². The number of amides is 1. The normalized spacial score (nSPS) is 7.65. The smallest absolute Gasteiger partial charge is 0.245 e. The van der Waals surface area contributed by atoms with Crippen LogP contribution in [0.5, 0.6) is 5.88 Å². The Morgan fingerprint density at radius 1 is 1.24 bits per heavy atom. The minimum atomic E-state index is 0.295. The van der Waals surface area contributed by atoms with Crippen molar-refractivity contribution in [2.45, 2.75) is 34.6 Å². The second kappa shape index (κ2) is 12.2. The molecule has 0 radical (unpaired) electrons. The molecule has 1 amide bonds. The van der Waals surface area contributed by atoms with Gasteiger partial charge in [-0.2, -0.15) is 4.98 Å². The monoisotopic (exact) mass is 242 g/mol. The van der Waals surface area contributed by atoms with Crippen LogP contribution in [0.25, 0.3) is 0 Å². The largest absolute Gasteiger partial charge is 0.481 e. The molecule has 0 unspecified atom stereocenters. The van der Waals surface area contributed by atoms with Gasteiger partial charge in [-0.05, 0) is 6.92 Å². The van der Waals surface area contributed by atoms with E-state index in [1.54, 1.807) is 13.0 Å². The fourth-order valence-electron chi connectivity index (χ4n) is 0.794. The van der Waals surface area contributed by atoms with Crippen LogP contribution in [0.2, 0.25) is 0 Å². The number of aromatic nitrogens is 2. The standard InChI is InChI=1S/C7H10N4O2.2C2H6/c1-5-3-6(13-2)10-7(9-5)11-8-4-12;2*1-2/h3-4H,1-2H3,(H,8,12)(H,9,10,11);2*1-2H3. The average Bonchev–Trinajstić information content (AvgIpc) is 2.40. The molecule has 2 N–H and O–H groups in total. The van der Waals surface area contributed by atoms with Gasteiger partial charge >= 0.3 is 0 Å². The molecule has 0 saturated heterocycles. The maximum atomic E-state index is 9.96. The average molecular weight is 242 g/mol. The molecule has 1 aromatic rings. The Hall–Kier alpha value is -1.85. The van der Waals surface area contributed by atoms with Crippen LogP contribution in [-0.4, -0.2) is 23.5 Å². The van der Waals surface area contributed by atoms with Crippen molar-refractivity contribution >= 4 is 12.4 Å². The van der Waals surface area contributed by atoms with Crippen molar-refractivity contribution in [3.63, 3.8) is 0 Å². The molecule has 6 nitrogen and oxygen atoms in total. The Kier molecular flexibility index (Phi) is 12.6. The molecule has 0 aliphatic heterocycles. The number of carbonyl (C=O) groups excluding carboxylic acids is 1. The third-order valence-corrected chi connectivity index (χ3v) is 1.28. The second-order valence-corrected chi connectivity index (χ2v) is 2.26. The van der Waals surface area contributed by atoms with E-state index in [1.165, 1.54) is 7.11 Å². The van der Waals surface area contributed by atoms with Crippen LogP contribution in [0.1, 0.15) is 33.4 Å². The minimum absolute atomic E-state index is 0.295. The van der Waals surface area contributed by atoms with Crippen molar-refractivity contribution < 1.29 is 9.53 Å². The van der Waals surface area contributed by atoms with Crippen molar-refractivity contribution in [1.29, 1.82) is 0 Å².